The van der Waals surface area contributed by atoms with Gasteiger partial charge in [-0.05, 0) is 25.3 Å². The molecule has 0 aliphatic rings. The molecular weight excluding hydrogens is 160 g/mol. The summed E-state index contributed by atoms with van der Waals surface area (Å²) in [6, 6.07) is 0. The summed E-state index contributed by atoms with van der Waals surface area (Å²) in [6.45, 7) is 7.80. The van der Waals surface area contributed by atoms with Crippen molar-refractivity contribution in [3.8, 4) is 0 Å². The maximum absolute atomic E-state index is 10.5. The van der Waals surface area contributed by atoms with Crippen LogP contribution in [-0.2, 0) is 4.79 Å². The first-order chi connectivity index (χ1) is 6.22. The highest BCUT2D eigenvalue weighted by Gasteiger charge is 1.94. The van der Waals surface area contributed by atoms with Crippen LogP contribution >= 0.6 is 0 Å². The van der Waals surface area contributed by atoms with Crippen molar-refractivity contribution in [2.75, 3.05) is 0 Å². The van der Waals surface area contributed by atoms with Crippen molar-refractivity contribution >= 4 is 6.29 Å². The van der Waals surface area contributed by atoms with Crippen LogP contribution in [0.25, 0.3) is 0 Å². The summed E-state index contributed by atoms with van der Waals surface area (Å²) in [7, 11) is 0. The van der Waals surface area contributed by atoms with Crippen LogP contribution < -0.4 is 0 Å². The zero-order valence-corrected chi connectivity index (χ0v) is 8.81. The fourth-order valence-electron chi connectivity index (χ4n) is 1.15. The Morgan fingerprint density at radius 1 is 1.31 bits per heavy atom. The van der Waals surface area contributed by atoms with Crippen molar-refractivity contribution in [3.63, 3.8) is 0 Å². The lowest BCUT2D eigenvalue weighted by Crippen LogP contribution is -1.85. The first kappa shape index (κ1) is 12.2. The quantitative estimate of drug-likeness (QED) is 0.253. The molecule has 0 aromatic rings. The summed E-state index contributed by atoms with van der Waals surface area (Å²) < 4.78 is 0. The van der Waals surface area contributed by atoms with E-state index in [1.165, 1.54) is 25.7 Å². The molecule has 0 N–H and O–H groups in total. The van der Waals surface area contributed by atoms with Crippen LogP contribution in [0.5, 0.6) is 0 Å². The normalized spacial score (nSPS) is 11.4. The summed E-state index contributed by atoms with van der Waals surface area (Å²) >= 11 is 0. The zero-order chi connectivity index (χ0) is 10.1. The van der Waals surface area contributed by atoms with Gasteiger partial charge in [0.25, 0.3) is 0 Å². The Bertz CT molecular complexity index is 189. The molecule has 74 valence electrons. The second-order valence-corrected chi connectivity index (χ2v) is 3.41. The van der Waals surface area contributed by atoms with Gasteiger partial charge in [-0.2, -0.15) is 0 Å². The van der Waals surface area contributed by atoms with Gasteiger partial charge in [-0.1, -0.05) is 38.8 Å². The van der Waals surface area contributed by atoms with Crippen molar-refractivity contribution in [3.05, 3.63) is 23.8 Å². The van der Waals surface area contributed by atoms with E-state index in [1.807, 2.05) is 13.0 Å². The molecule has 0 spiro atoms. The molecule has 0 saturated heterocycles. The molecule has 0 radical (unpaired) electrons. The third-order valence-corrected chi connectivity index (χ3v) is 2.04. The highest BCUT2D eigenvalue weighted by Crippen LogP contribution is 2.08. The molecule has 0 aliphatic carbocycles. The largest absolute Gasteiger partial charge is 0.298 e. The molecule has 0 aromatic carbocycles. The van der Waals surface area contributed by atoms with Gasteiger partial charge in [0.05, 0.1) is 0 Å². The third kappa shape index (κ3) is 6.32. The molecular formula is C12H20O. The Hall–Kier alpha value is -0.850. The second-order valence-electron chi connectivity index (χ2n) is 3.41. The van der Waals surface area contributed by atoms with Crippen molar-refractivity contribution in [1.82, 2.24) is 0 Å². The molecule has 13 heavy (non-hydrogen) atoms. The van der Waals surface area contributed by atoms with E-state index in [1.54, 1.807) is 0 Å². The Balaban J connectivity index is 3.68. The van der Waals surface area contributed by atoms with Crippen LogP contribution in [0.2, 0.25) is 0 Å². The molecule has 0 bridgehead atoms. The minimum absolute atomic E-state index is 0.761. The third-order valence-electron chi connectivity index (χ3n) is 2.04. The van der Waals surface area contributed by atoms with Gasteiger partial charge in [0.1, 0.15) is 6.29 Å². The van der Waals surface area contributed by atoms with Gasteiger partial charge in [0, 0.05) is 5.57 Å². The summed E-state index contributed by atoms with van der Waals surface area (Å²) in [5.74, 6) is 0. The van der Waals surface area contributed by atoms with Gasteiger partial charge in [0.15, 0.2) is 0 Å². The van der Waals surface area contributed by atoms with E-state index in [0.29, 0.717) is 0 Å². The Morgan fingerprint density at radius 2 is 2.00 bits per heavy atom. The highest BCUT2D eigenvalue weighted by atomic mass is 16.1. The molecule has 0 atom stereocenters. The van der Waals surface area contributed by atoms with Crippen LogP contribution in [0.3, 0.4) is 0 Å². The number of carbonyl (C=O) groups is 1. The van der Waals surface area contributed by atoms with Gasteiger partial charge in [0.2, 0.25) is 0 Å². The fourth-order valence-corrected chi connectivity index (χ4v) is 1.15. The first-order valence-electron chi connectivity index (χ1n) is 5.03. The predicted octanol–water partition coefficient (Wildman–Crippen LogP) is 3.66. The van der Waals surface area contributed by atoms with Crippen LogP contribution in [0, 0.1) is 0 Å². The van der Waals surface area contributed by atoms with Gasteiger partial charge in [-0.15, -0.1) is 0 Å². The average molecular weight is 180 g/mol. The molecule has 0 rings (SSSR count). The van der Waals surface area contributed by atoms with Crippen LogP contribution in [0.15, 0.2) is 23.8 Å². The number of allylic oxidation sites excluding steroid dienone is 3. The monoisotopic (exact) mass is 180 g/mol. The van der Waals surface area contributed by atoms with Gasteiger partial charge >= 0.3 is 0 Å². The van der Waals surface area contributed by atoms with E-state index in [4.69, 9.17) is 0 Å². The number of hydrogen-bond donors (Lipinski definition) is 0. The molecule has 0 heterocycles. The fraction of sp³-hybridized carbons (Fsp3) is 0.583. The Kier molecular flexibility index (Phi) is 7.27. The maximum Gasteiger partial charge on any atom is 0.149 e. The van der Waals surface area contributed by atoms with Gasteiger partial charge in [-0.25, -0.2) is 0 Å². The molecule has 0 amide bonds. The zero-order valence-electron chi connectivity index (χ0n) is 8.81. The minimum Gasteiger partial charge on any atom is -0.298 e. The highest BCUT2D eigenvalue weighted by molar-refractivity contribution is 5.79. The molecule has 0 fully saturated rings. The molecule has 0 aromatic heterocycles. The molecule has 1 nitrogen and oxygen atoms in total. The summed E-state index contributed by atoms with van der Waals surface area (Å²) in [4.78, 5) is 10.5. The second kappa shape index (κ2) is 7.78. The van der Waals surface area contributed by atoms with E-state index in [2.05, 4.69) is 13.5 Å². The summed E-state index contributed by atoms with van der Waals surface area (Å²) in [5, 5.41) is 0. The van der Waals surface area contributed by atoms with Gasteiger partial charge < -0.3 is 0 Å². The lowest BCUT2D eigenvalue weighted by atomic mass is 10.1. The topological polar surface area (TPSA) is 17.1 Å². The smallest absolute Gasteiger partial charge is 0.149 e. The van der Waals surface area contributed by atoms with E-state index < -0.39 is 0 Å². The van der Waals surface area contributed by atoms with Crippen LogP contribution in [0.4, 0.5) is 0 Å². The van der Waals surface area contributed by atoms with E-state index >= 15 is 0 Å². The van der Waals surface area contributed by atoms with Crippen molar-refractivity contribution < 1.29 is 4.79 Å². The van der Waals surface area contributed by atoms with Crippen molar-refractivity contribution in [1.29, 1.82) is 0 Å². The molecule has 0 saturated carbocycles. The minimum atomic E-state index is 0.761. The predicted molar refractivity (Wildman–Crippen MR) is 57.7 cm³/mol. The SMILES string of the molecule is C=C(C)/C(C=O)=C\CCCCCC. The average Bonchev–Trinajstić information content (AvgIpc) is 2.10. The maximum atomic E-state index is 10.5. The van der Waals surface area contributed by atoms with E-state index in [9.17, 15) is 4.79 Å². The Labute approximate surface area is 81.5 Å². The van der Waals surface area contributed by atoms with Crippen molar-refractivity contribution in [2.45, 2.75) is 46.0 Å². The summed E-state index contributed by atoms with van der Waals surface area (Å²) in [5.41, 5.74) is 1.63. The Morgan fingerprint density at radius 3 is 2.46 bits per heavy atom. The van der Waals surface area contributed by atoms with Gasteiger partial charge in [-0.3, -0.25) is 4.79 Å². The standard InChI is InChI=1S/C12H20O/c1-4-5-6-7-8-9-12(10-13)11(2)3/h9-10H,2,4-8H2,1,3H3/b12-9-. The summed E-state index contributed by atoms with van der Waals surface area (Å²) in [6.07, 6.45) is 8.87. The van der Waals surface area contributed by atoms with Crippen molar-refractivity contribution in [2.24, 2.45) is 0 Å². The number of aldehydes is 1. The van der Waals surface area contributed by atoms with E-state index in [0.717, 1.165) is 23.9 Å². The van der Waals surface area contributed by atoms with E-state index in [-0.39, 0.29) is 0 Å². The van der Waals surface area contributed by atoms with Crippen LogP contribution in [-0.4, -0.2) is 6.29 Å². The molecule has 1 heteroatoms. The van der Waals surface area contributed by atoms with Crippen LogP contribution in [0.1, 0.15) is 46.0 Å². The number of carbonyl (C=O) groups excluding carboxylic acids is 1. The molecule has 0 unspecified atom stereocenters. The lowest BCUT2D eigenvalue weighted by Gasteiger charge is -1.98. The first-order valence-corrected chi connectivity index (χ1v) is 5.03. The number of unbranched alkanes of at least 4 members (excludes halogenated alkanes) is 4. The lowest BCUT2D eigenvalue weighted by molar-refractivity contribution is -0.104. The number of rotatable bonds is 7. The number of hydrogen-bond acceptors (Lipinski definition) is 1. The molecule has 0 aliphatic heterocycles.